The summed E-state index contributed by atoms with van der Waals surface area (Å²) in [6.07, 6.45) is 0. The van der Waals surface area contributed by atoms with Gasteiger partial charge in [0.25, 0.3) is 0 Å². The molecular formula is C14H11Cl3OS. The van der Waals surface area contributed by atoms with Crippen molar-refractivity contribution in [3.8, 4) is 5.75 Å². The molecule has 0 amide bonds. The largest absolute Gasteiger partial charge is 0.491 e. The van der Waals surface area contributed by atoms with Gasteiger partial charge in [-0.15, -0.1) is 11.8 Å². The third-order valence-corrected chi connectivity index (χ3v) is 4.32. The van der Waals surface area contributed by atoms with Crippen molar-refractivity contribution >= 4 is 46.6 Å². The standard InChI is InChI=1S/C14H11Cl3OS/c15-11-8-13(17)14(9-12(11)16)18-6-7-19-10-4-2-1-3-5-10/h1-5,8-9H,6-7H2. The molecule has 0 aromatic heterocycles. The van der Waals surface area contributed by atoms with Gasteiger partial charge >= 0.3 is 0 Å². The molecule has 0 saturated heterocycles. The summed E-state index contributed by atoms with van der Waals surface area (Å²) in [6.45, 7) is 0.553. The summed E-state index contributed by atoms with van der Waals surface area (Å²) >= 11 is 19.5. The lowest BCUT2D eigenvalue weighted by Gasteiger charge is -2.09. The maximum Gasteiger partial charge on any atom is 0.139 e. The first kappa shape index (κ1) is 14.9. The van der Waals surface area contributed by atoms with Gasteiger partial charge in [0, 0.05) is 16.7 Å². The second-order valence-electron chi connectivity index (χ2n) is 3.71. The van der Waals surface area contributed by atoms with Crippen molar-refractivity contribution in [1.29, 1.82) is 0 Å². The van der Waals surface area contributed by atoms with E-state index in [1.165, 1.54) is 4.90 Å². The highest BCUT2D eigenvalue weighted by Gasteiger charge is 2.06. The quantitative estimate of drug-likeness (QED) is 0.387. The van der Waals surface area contributed by atoms with Crippen molar-refractivity contribution < 1.29 is 4.74 Å². The van der Waals surface area contributed by atoms with Crippen LogP contribution in [0.3, 0.4) is 0 Å². The molecule has 0 aliphatic rings. The Bertz CT molecular complexity index is 546. The first-order chi connectivity index (χ1) is 9.16. The molecule has 0 N–H and O–H groups in total. The highest BCUT2D eigenvalue weighted by atomic mass is 35.5. The fourth-order valence-corrected chi connectivity index (χ4v) is 2.79. The van der Waals surface area contributed by atoms with E-state index in [1.807, 2.05) is 18.2 Å². The Morgan fingerprint density at radius 2 is 1.58 bits per heavy atom. The summed E-state index contributed by atoms with van der Waals surface area (Å²) in [5.41, 5.74) is 0. The van der Waals surface area contributed by atoms with Crippen LogP contribution in [0.5, 0.6) is 5.75 Å². The van der Waals surface area contributed by atoms with Crippen LogP contribution in [0, 0.1) is 0 Å². The SMILES string of the molecule is Clc1cc(Cl)c(OCCSc2ccccc2)cc1Cl. The van der Waals surface area contributed by atoms with Gasteiger partial charge in [0.05, 0.1) is 21.7 Å². The zero-order chi connectivity index (χ0) is 13.7. The number of rotatable bonds is 5. The number of benzene rings is 2. The molecule has 0 atom stereocenters. The van der Waals surface area contributed by atoms with Gasteiger partial charge in [-0.25, -0.2) is 0 Å². The van der Waals surface area contributed by atoms with E-state index in [9.17, 15) is 0 Å². The van der Waals surface area contributed by atoms with Gasteiger partial charge in [-0.2, -0.15) is 0 Å². The van der Waals surface area contributed by atoms with Crippen molar-refractivity contribution in [1.82, 2.24) is 0 Å². The van der Waals surface area contributed by atoms with Gasteiger partial charge in [0.15, 0.2) is 0 Å². The second-order valence-corrected chi connectivity index (χ2v) is 6.10. The zero-order valence-electron chi connectivity index (χ0n) is 9.91. The fraction of sp³-hybridized carbons (Fsp3) is 0.143. The molecule has 2 rings (SSSR count). The van der Waals surface area contributed by atoms with Crippen LogP contribution in [0.2, 0.25) is 15.1 Å². The molecule has 1 nitrogen and oxygen atoms in total. The summed E-state index contributed by atoms with van der Waals surface area (Å²) in [7, 11) is 0. The molecule has 100 valence electrons. The average molecular weight is 334 g/mol. The van der Waals surface area contributed by atoms with E-state index in [4.69, 9.17) is 39.5 Å². The van der Waals surface area contributed by atoms with Crippen LogP contribution in [0.4, 0.5) is 0 Å². The smallest absolute Gasteiger partial charge is 0.139 e. The molecule has 0 aliphatic heterocycles. The molecule has 0 fully saturated rings. The maximum atomic E-state index is 6.02. The topological polar surface area (TPSA) is 9.23 Å². The Balaban J connectivity index is 1.85. The van der Waals surface area contributed by atoms with Crippen LogP contribution in [0.1, 0.15) is 0 Å². The molecule has 0 aliphatic carbocycles. The maximum absolute atomic E-state index is 6.02. The van der Waals surface area contributed by atoms with Gasteiger partial charge in [0.1, 0.15) is 5.75 Å². The van der Waals surface area contributed by atoms with Crippen LogP contribution >= 0.6 is 46.6 Å². The van der Waals surface area contributed by atoms with E-state index >= 15 is 0 Å². The van der Waals surface area contributed by atoms with Crippen molar-refractivity contribution in [3.63, 3.8) is 0 Å². The lowest BCUT2D eigenvalue weighted by molar-refractivity contribution is 0.344. The Kier molecular flexibility index (Phi) is 5.71. The molecule has 0 unspecified atom stereocenters. The van der Waals surface area contributed by atoms with Gasteiger partial charge in [-0.3, -0.25) is 0 Å². The molecule has 0 bridgehead atoms. The lowest BCUT2D eigenvalue weighted by atomic mass is 10.3. The third kappa shape index (κ3) is 4.50. The van der Waals surface area contributed by atoms with E-state index in [2.05, 4.69) is 12.1 Å². The van der Waals surface area contributed by atoms with Gasteiger partial charge in [0.2, 0.25) is 0 Å². The highest BCUT2D eigenvalue weighted by molar-refractivity contribution is 7.99. The van der Waals surface area contributed by atoms with Crippen molar-refractivity contribution in [2.45, 2.75) is 4.90 Å². The lowest BCUT2D eigenvalue weighted by Crippen LogP contribution is -2.00. The minimum atomic E-state index is 0.428. The van der Waals surface area contributed by atoms with Crippen molar-refractivity contribution in [2.75, 3.05) is 12.4 Å². The predicted molar refractivity (Wildman–Crippen MR) is 84.1 cm³/mol. The Morgan fingerprint density at radius 1 is 0.895 bits per heavy atom. The monoisotopic (exact) mass is 332 g/mol. The highest BCUT2D eigenvalue weighted by Crippen LogP contribution is 2.33. The fourth-order valence-electron chi connectivity index (χ4n) is 1.44. The molecule has 2 aromatic rings. The van der Waals surface area contributed by atoms with Gasteiger partial charge in [-0.05, 0) is 18.2 Å². The summed E-state index contributed by atoms with van der Waals surface area (Å²) in [4.78, 5) is 1.21. The van der Waals surface area contributed by atoms with Gasteiger partial charge < -0.3 is 4.74 Å². The number of thioether (sulfide) groups is 1. The van der Waals surface area contributed by atoms with Crippen LogP contribution in [-0.4, -0.2) is 12.4 Å². The third-order valence-electron chi connectivity index (χ3n) is 2.33. The van der Waals surface area contributed by atoms with Gasteiger partial charge in [-0.1, -0.05) is 53.0 Å². The number of halogens is 3. The minimum Gasteiger partial charge on any atom is -0.491 e. The second kappa shape index (κ2) is 7.30. The van der Waals surface area contributed by atoms with Crippen molar-refractivity contribution in [2.24, 2.45) is 0 Å². The van der Waals surface area contributed by atoms with E-state index in [-0.39, 0.29) is 0 Å². The summed E-state index contributed by atoms with van der Waals surface area (Å²) in [6, 6.07) is 13.4. The first-order valence-electron chi connectivity index (χ1n) is 5.62. The Labute approximate surface area is 131 Å². The first-order valence-corrected chi connectivity index (χ1v) is 7.74. The molecule has 0 spiro atoms. The molecule has 0 radical (unpaired) electrons. The van der Waals surface area contributed by atoms with Crippen LogP contribution in [0.15, 0.2) is 47.4 Å². The number of hydrogen-bond acceptors (Lipinski definition) is 2. The number of ether oxygens (including phenoxy) is 1. The molecule has 0 heterocycles. The van der Waals surface area contributed by atoms with Crippen LogP contribution < -0.4 is 4.74 Å². The number of hydrogen-bond donors (Lipinski definition) is 0. The van der Waals surface area contributed by atoms with E-state index in [0.717, 1.165) is 5.75 Å². The summed E-state index contributed by atoms with van der Waals surface area (Å²) < 4.78 is 5.60. The normalized spacial score (nSPS) is 10.5. The summed E-state index contributed by atoms with van der Waals surface area (Å²) in [5.74, 6) is 1.39. The molecule has 5 heteroatoms. The molecular weight excluding hydrogens is 323 g/mol. The zero-order valence-corrected chi connectivity index (χ0v) is 13.0. The van der Waals surface area contributed by atoms with E-state index in [0.29, 0.717) is 27.4 Å². The van der Waals surface area contributed by atoms with Crippen LogP contribution in [-0.2, 0) is 0 Å². The Hall–Kier alpha value is -0.540. The molecule has 19 heavy (non-hydrogen) atoms. The summed E-state index contributed by atoms with van der Waals surface area (Å²) in [5, 5.41) is 1.34. The van der Waals surface area contributed by atoms with Crippen LogP contribution in [0.25, 0.3) is 0 Å². The van der Waals surface area contributed by atoms with E-state index < -0.39 is 0 Å². The van der Waals surface area contributed by atoms with Crippen molar-refractivity contribution in [3.05, 3.63) is 57.5 Å². The molecule has 2 aromatic carbocycles. The predicted octanol–water partition coefficient (Wildman–Crippen LogP) is 5.82. The Morgan fingerprint density at radius 3 is 2.32 bits per heavy atom. The minimum absolute atomic E-state index is 0.428. The molecule has 0 saturated carbocycles. The average Bonchev–Trinajstić information content (AvgIpc) is 2.41. The van der Waals surface area contributed by atoms with E-state index in [1.54, 1.807) is 23.9 Å².